The molecule has 0 bridgehead atoms. The molecule has 1 aliphatic rings. The number of amides is 1. The number of carbonyl (C=O) groups excluding carboxylic acids is 2. The largest absolute Gasteiger partial charge is 0.452 e. The van der Waals surface area contributed by atoms with Crippen LogP contribution in [0.4, 0.5) is 11.4 Å². The third-order valence-corrected chi connectivity index (χ3v) is 4.41. The van der Waals surface area contributed by atoms with E-state index in [1.54, 1.807) is 25.1 Å². The van der Waals surface area contributed by atoms with Gasteiger partial charge in [0, 0.05) is 24.7 Å². The zero-order chi connectivity index (χ0) is 20.2. The third-order valence-electron chi connectivity index (χ3n) is 4.41. The molecule has 1 saturated heterocycles. The van der Waals surface area contributed by atoms with E-state index in [1.807, 2.05) is 25.7 Å². The zero-order valence-corrected chi connectivity index (χ0v) is 16.2. The Hall–Kier alpha value is -2.64. The van der Waals surface area contributed by atoms with E-state index in [0.29, 0.717) is 31.6 Å². The molecule has 1 N–H and O–H groups in total. The van der Waals surface area contributed by atoms with E-state index < -0.39 is 22.5 Å². The van der Waals surface area contributed by atoms with Gasteiger partial charge in [0.05, 0.1) is 10.8 Å². The van der Waals surface area contributed by atoms with Crippen LogP contribution in [-0.4, -0.2) is 41.5 Å². The van der Waals surface area contributed by atoms with E-state index in [0.717, 1.165) is 0 Å². The highest BCUT2D eigenvalue weighted by molar-refractivity contribution is 5.84. The number of nitrogens with zero attached hydrogens (tertiary/aromatic N) is 2. The summed E-state index contributed by atoms with van der Waals surface area (Å²) < 4.78 is 5.32. The lowest BCUT2D eigenvalue weighted by atomic mass is 9.96. The van der Waals surface area contributed by atoms with E-state index in [-0.39, 0.29) is 17.5 Å². The molecule has 1 aromatic carbocycles. The summed E-state index contributed by atoms with van der Waals surface area (Å²) in [5.41, 5.74) is 0.228. The predicted molar refractivity (Wildman–Crippen MR) is 101 cm³/mol. The number of nitro benzene ring substituents is 1. The molecule has 1 heterocycles. The maximum absolute atomic E-state index is 12.4. The first-order valence-corrected chi connectivity index (χ1v) is 9.09. The molecule has 1 aliphatic heterocycles. The lowest BCUT2D eigenvalue weighted by Gasteiger charge is -2.32. The van der Waals surface area contributed by atoms with Gasteiger partial charge in [-0.25, -0.2) is 0 Å². The van der Waals surface area contributed by atoms with Gasteiger partial charge >= 0.3 is 5.97 Å². The number of hydrogen-bond acceptors (Lipinski definition) is 6. The minimum absolute atomic E-state index is 0.0611. The maximum Gasteiger partial charge on any atom is 0.309 e. The molecule has 1 aromatic rings. The summed E-state index contributed by atoms with van der Waals surface area (Å²) in [5.74, 6) is -1.03. The second-order valence-corrected chi connectivity index (χ2v) is 7.83. The highest BCUT2D eigenvalue weighted by atomic mass is 16.6. The average molecular weight is 377 g/mol. The van der Waals surface area contributed by atoms with Crippen molar-refractivity contribution in [3.63, 3.8) is 0 Å². The molecular formula is C19H27N3O5. The fraction of sp³-hybridized carbons (Fsp3) is 0.579. The normalized spacial score (nSPS) is 16.5. The number of piperidine rings is 1. The smallest absolute Gasteiger partial charge is 0.309 e. The Balaban J connectivity index is 1.91. The molecule has 0 aliphatic carbocycles. The number of benzene rings is 1. The monoisotopic (exact) mass is 377 g/mol. The Morgan fingerprint density at radius 3 is 2.41 bits per heavy atom. The van der Waals surface area contributed by atoms with Gasteiger partial charge in [0.25, 0.3) is 11.6 Å². The number of rotatable bonds is 5. The van der Waals surface area contributed by atoms with Crippen LogP contribution in [0.1, 0.15) is 40.5 Å². The van der Waals surface area contributed by atoms with Crippen molar-refractivity contribution in [3.8, 4) is 0 Å². The van der Waals surface area contributed by atoms with Crippen LogP contribution < -0.4 is 10.2 Å². The Kier molecular flexibility index (Phi) is 6.41. The first-order chi connectivity index (χ1) is 12.6. The van der Waals surface area contributed by atoms with E-state index in [2.05, 4.69) is 5.32 Å². The van der Waals surface area contributed by atoms with Gasteiger partial charge < -0.3 is 15.0 Å². The number of esters is 1. The minimum Gasteiger partial charge on any atom is -0.452 e. The molecule has 1 atom stereocenters. The van der Waals surface area contributed by atoms with Gasteiger partial charge in [-0.15, -0.1) is 0 Å². The molecule has 1 fully saturated rings. The summed E-state index contributed by atoms with van der Waals surface area (Å²) in [5, 5.41) is 14.0. The summed E-state index contributed by atoms with van der Waals surface area (Å²) in [4.78, 5) is 37.1. The van der Waals surface area contributed by atoms with Crippen molar-refractivity contribution in [2.24, 2.45) is 5.92 Å². The van der Waals surface area contributed by atoms with Crippen LogP contribution in [-0.2, 0) is 14.3 Å². The van der Waals surface area contributed by atoms with Gasteiger partial charge in [0.1, 0.15) is 5.69 Å². The first-order valence-electron chi connectivity index (χ1n) is 9.09. The van der Waals surface area contributed by atoms with Crippen LogP contribution >= 0.6 is 0 Å². The number of carbonyl (C=O) groups is 2. The van der Waals surface area contributed by atoms with E-state index in [9.17, 15) is 19.7 Å². The molecule has 0 saturated carbocycles. The molecule has 0 unspecified atom stereocenters. The summed E-state index contributed by atoms with van der Waals surface area (Å²) in [6.07, 6.45) is 0.196. The number of anilines is 1. The topological polar surface area (TPSA) is 102 Å². The van der Waals surface area contributed by atoms with Gasteiger partial charge in [0.2, 0.25) is 0 Å². The number of hydrogen-bond donors (Lipinski definition) is 1. The molecule has 148 valence electrons. The Morgan fingerprint density at radius 2 is 1.85 bits per heavy atom. The molecule has 8 nitrogen and oxygen atoms in total. The third kappa shape index (κ3) is 5.67. The highest BCUT2D eigenvalue weighted by Crippen LogP contribution is 2.31. The van der Waals surface area contributed by atoms with E-state index in [1.165, 1.54) is 6.07 Å². The number of para-hydroxylation sites is 2. The molecule has 27 heavy (non-hydrogen) atoms. The Bertz CT molecular complexity index is 706. The standard InChI is InChI=1S/C19H27N3O5/c1-13(17(23)20-19(2,3)4)27-18(24)14-9-11-21(12-10-14)15-7-5-6-8-16(15)22(25)26/h5-8,13-14H,9-12H2,1-4H3,(H,20,23)/t13-/m0/s1. The first kappa shape index (κ1) is 20.7. The molecule has 0 radical (unpaired) electrons. The van der Waals surface area contributed by atoms with Crippen LogP contribution in [0.2, 0.25) is 0 Å². The quantitative estimate of drug-likeness (QED) is 0.481. The van der Waals surface area contributed by atoms with Crippen molar-refractivity contribution >= 4 is 23.3 Å². The molecule has 1 amide bonds. The molecule has 0 aromatic heterocycles. The summed E-state index contributed by atoms with van der Waals surface area (Å²) in [7, 11) is 0. The van der Waals surface area contributed by atoms with E-state index >= 15 is 0 Å². The number of ether oxygens (including phenoxy) is 1. The van der Waals surface area contributed by atoms with Gasteiger partial charge in [-0.1, -0.05) is 12.1 Å². The van der Waals surface area contributed by atoms with Crippen LogP contribution in [0, 0.1) is 16.0 Å². The fourth-order valence-corrected chi connectivity index (χ4v) is 3.04. The zero-order valence-electron chi connectivity index (χ0n) is 16.2. The predicted octanol–water partition coefficient (Wildman–Crippen LogP) is 2.66. The average Bonchev–Trinajstić information content (AvgIpc) is 2.60. The number of nitrogens with one attached hydrogen (secondary N) is 1. The highest BCUT2D eigenvalue weighted by Gasteiger charge is 2.31. The molecule has 2 rings (SSSR count). The van der Waals surface area contributed by atoms with Crippen molar-refractivity contribution < 1.29 is 19.2 Å². The SMILES string of the molecule is C[C@H](OC(=O)C1CCN(c2ccccc2[N+](=O)[O-])CC1)C(=O)NC(C)(C)C. The fourth-order valence-electron chi connectivity index (χ4n) is 3.04. The summed E-state index contributed by atoms with van der Waals surface area (Å²) in [6.45, 7) is 8.18. The van der Waals surface area contributed by atoms with Gasteiger partial charge in [-0.2, -0.15) is 0 Å². The van der Waals surface area contributed by atoms with Crippen LogP contribution in [0.15, 0.2) is 24.3 Å². The van der Waals surface area contributed by atoms with E-state index in [4.69, 9.17) is 4.74 Å². The second kappa shape index (κ2) is 8.37. The van der Waals surface area contributed by atoms with Gasteiger partial charge in [0.15, 0.2) is 6.10 Å². The second-order valence-electron chi connectivity index (χ2n) is 7.83. The lowest BCUT2D eigenvalue weighted by Crippen LogP contribution is -2.47. The van der Waals surface area contributed by atoms with Gasteiger partial charge in [-0.05, 0) is 46.6 Å². The van der Waals surface area contributed by atoms with Crippen molar-refractivity contribution in [3.05, 3.63) is 34.4 Å². The summed E-state index contributed by atoms with van der Waals surface area (Å²) >= 11 is 0. The molecular weight excluding hydrogens is 350 g/mol. The van der Waals surface area contributed by atoms with Crippen LogP contribution in [0.5, 0.6) is 0 Å². The Morgan fingerprint density at radius 1 is 1.26 bits per heavy atom. The minimum atomic E-state index is -0.857. The Labute approximate surface area is 159 Å². The number of nitro groups is 1. The maximum atomic E-state index is 12.4. The van der Waals surface area contributed by atoms with Gasteiger partial charge in [-0.3, -0.25) is 19.7 Å². The van der Waals surface area contributed by atoms with Crippen molar-refractivity contribution in [2.45, 2.75) is 52.2 Å². The van der Waals surface area contributed by atoms with Crippen molar-refractivity contribution in [2.75, 3.05) is 18.0 Å². The van der Waals surface area contributed by atoms with Crippen molar-refractivity contribution in [1.29, 1.82) is 0 Å². The molecule has 0 spiro atoms. The lowest BCUT2D eigenvalue weighted by molar-refractivity contribution is -0.384. The molecule has 8 heteroatoms. The summed E-state index contributed by atoms with van der Waals surface area (Å²) in [6, 6.07) is 6.59. The van der Waals surface area contributed by atoms with Crippen molar-refractivity contribution in [1.82, 2.24) is 5.32 Å². The van der Waals surface area contributed by atoms with Crippen LogP contribution in [0.25, 0.3) is 0 Å². The van der Waals surface area contributed by atoms with Crippen LogP contribution in [0.3, 0.4) is 0 Å².